The van der Waals surface area contributed by atoms with E-state index in [0.717, 1.165) is 35.4 Å². The van der Waals surface area contributed by atoms with Crippen molar-refractivity contribution < 1.29 is 13.2 Å². The molecule has 3 atom stereocenters. The second kappa shape index (κ2) is 8.26. The van der Waals surface area contributed by atoms with Crippen LogP contribution in [0.5, 0.6) is 0 Å². The predicted molar refractivity (Wildman–Crippen MR) is 127 cm³/mol. The molecule has 0 bridgehead atoms. The third-order valence-electron chi connectivity index (χ3n) is 6.84. The standard InChI is InChI=1S/C23H28N4O3S2/c1-14-6-3-4-7-17(14)26-23(28)22-21-19(12-18(25-22)20-8-5-10-31-20)27(15(2)24-21)16-9-11-32(29,30)13-16/h5,8,10,12,14,16-17H,3-4,6-7,9,11,13H2,1-2H3,(H,26,28). The number of imidazole rings is 1. The van der Waals surface area contributed by atoms with Gasteiger partial charge >= 0.3 is 0 Å². The topological polar surface area (TPSA) is 93.9 Å². The molecule has 0 aromatic carbocycles. The fourth-order valence-electron chi connectivity index (χ4n) is 5.12. The van der Waals surface area contributed by atoms with Crippen LogP contribution in [0.2, 0.25) is 0 Å². The van der Waals surface area contributed by atoms with Crippen molar-refractivity contribution in [3.8, 4) is 10.6 Å². The molecule has 1 N–H and O–H groups in total. The van der Waals surface area contributed by atoms with Gasteiger partial charge in [0.05, 0.1) is 33.6 Å². The summed E-state index contributed by atoms with van der Waals surface area (Å²) in [5, 5.41) is 5.20. The van der Waals surface area contributed by atoms with E-state index < -0.39 is 9.84 Å². The molecule has 170 valence electrons. The average molecular weight is 473 g/mol. The summed E-state index contributed by atoms with van der Waals surface area (Å²) < 4.78 is 26.3. The zero-order chi connectivity index (χ0) is 22.5. The molecule has 1 amide bonds. The van der Waals surface area contributed by atoms with Gasteiger partial charge in [-0.25, -0.2) is 18.4 Å². The lowest BCUT2D eigenvalue weighted by Gasteiger charge is -2.29. The number of rotatable bonds is 4. The molecular formula is C23H28N4O3S2. The number of amides is 1. The molecule has 1 saturated heterocycles. The number of hydrogen-bond acceptors (Lipinski definition) is 6. The number of aromatic nitrogens is 3. The van der Waals surface area contributed by atoms with Crippen LogP contribution in [-0.2, 0) is 9.84 Å². The molecule has 4 heterocycles. The van der Waals surface area contributed by atoms with E-state index in [2.05, 4.69) is 12.2 Å². The summed E-state index contributed by atoms with van der Waals surface area (Å²) in [4.78, 5) is 23.8. The summed E-state index contributed by atoms with van der Waals surface area (Å²) >= 11 is 1.57. The van der Waals surface area contributed by atoms with Crippen molar-refractivity contribution in [1.29, 1.82) is 0 Å². The van der Waals surface area contributed by atoms with Gasteiger partial charge in [0.2, 0.25) is 0 Å². The SMILES string of the molecule is Cc1nc2c(C(=O)NC3CCCCC3C)nc(-c3cccs3)cc2n1C1CCS(=O)(=O)C1. The number of nitrogens with one attached hydrogen (secondary N) is 1. The van der Waals surface area contributed by atoms with Gasteiger partial charge in [-0.05, 0) is 49.6 Å². The molecule has 3 aromatic rings. The van der Waals surface area contributed by atoms with Crippen LogP contribution in [-0.4, -0.2) is 46.4 Å². The Balaban J connectivity index is 1.62. The highest BCUT2D eigenvalue weighted by Crippen LogP contribution is 2.34. The Morgan fingerprint density at radius 3 is 2.72 bits per heavy atom. The smallest absolute Gasteiger partial charge is 0.272 e. The molecule has 1 aliphatic carbocycles. The van der Waals surface area contributed by atoms with E-state index in [4.69, 9.17) is 9.97 Å². The van der Waals surface area contributed by atoms with Crippen molar-refractivity contribution >= 4 is 38.1 Å². The summed E-state index contributed by atoms with van der Waals surface area (Å²) in [6.07, 6.45) is 4.99. The first-order chi connectivity index (χ1) is 15.3. The van der Waals surface area contributed by atoms with Crippen LogP contribution in [0.4, 0.5) is 0 Å². The highest BCUT2D eigenvalue weighted by Gasteiger charge is 2.33. The second-order valence-corrected chi connectivity index (χ2v) is 12.3. The predicted octanol–water partition coefficient (Wildman–Crippen LogP) is 4.14. The van der Waals surface area contributed by atoms with Gasteiger partial charge in [0.1, 0.15) is 11.3 Å². The molecule has 1 saturated carbocycles. The number of fused-ring (bicyclic) bond motifs is 1. The lowest BCUT2D eigenvalue weighted by molar-refractivity contribution is 0.0907. The van der Waals surface area contributed by atoms with Crippen LogP contribution in [0, 0.1) is 12.8 Å². The van der Waals surface area contributed by atoms with E-state index in [1.807, 2.05) is 35.1 Å². The van der Waals surface area contributed by atoms with Crippen LogP contribution >= 0.6 is 11.3 Å². The fourth-order valence-corrected chi connectivity index (χ4v) is 7.51. The van der Waals surface area contributed by atoms with E-state index >= 15 is 0 Å². The van der Waals surface area contributed by atoms with Crippen molar-refractivity contribution in [1.82, 2.24) is 19.9 Å². The molecule has 2 aliphatic rings. The zero-order valence-electron chi connectivity index (χ0n) is 18.4. The zero-order valence-corrected chi connectivity index (χ0v) is 20.0. The summed E-state index contributed by atoms with van der Waals surface area (Å²) in [5.74, 6) is 1.25. The highest BCUT2D eigenvalue weighted by molar-refractivity contribution is 7.91. The number of carbonyl (C=O) groups is 1. The minimum atomic E-state index is -3.05. The largest absolute Gasteiger partial charge is 0.348 e. The van der Waals surface area contributed by atoms with Crippen molar-refractivity contribution in [3.63, 3.8) is 0 Å². The minimum absolute atomic E-state index is 0.108. The Hall–Kier alpha value is -2.26. The van der Waals surface area contributed by atoms with Gasteiger partial charge in [-0.3, -0.25) is 4.79 Å². The molecule has 3 unspecified atom stereocenters. The van der Waals surface area contributed by atoms with Gasteiger partial charge < -0.3 is 9.88 Å². The number of aryl methyl sites for hydroxylation is 1. The van der Waals surface area contributed by atoms with Crippen molar-refractivity contribution in [2.45, 2.75) is 58.0 Å². The minimum Gasteiger partial charge on any atom is -0.348 e. The molecular weight excluding hydrogens is 444 g/mol. The molecule has 0 spiro atoms. The van der Waals surface area contributed by atoms with E-state index in [-0.39, 0.29) is 29.5 Å². The Kier molecular flexibility index (Phi) is 5.57. The molecule has 0 radical (unpaired) electrons. The normalized spacial score (nSPS) is 25.2. The van der Waals surface area contributed by atoms with Crippen LogP contribution in [0.1, 0.15) is 61.4 Å². The number of carbonyl (C=O) groups excluding carboxylic acids is 1. The number of nitrogens with zero attached hydrogens (tertiary/aromatic N) is 3. The van der Waals surface area contributed by atoms with Crippen LogP contribution in [0.25, 0.3) is 21.6 Å². The first-order valence-electron chi connectivity index (χ1n) is 11.3. The van der Waals surface area contributed by atoms with Gasteiger partial charge in [0.25, 0.3) is 5.91 Å². The van der Waals surface area contributed by atoms with Crippen molar-refractivity contribution in [2.75, 3.05) is 11.5 Å². The first kappa shape index (κ1) is 21.6. The van der Waals surface area contributed by atoms with Gasteiger partial charge in [-0.1, -0.05) is 25.8 Å². The molecule has 5 rings (SSSR count). The van der Waals surface area contributed by atoms with E-state index in [9.17, 15) is 13.2 Å². The lowest BCUT2D eigenvalue weighted by Crippen LogP contribution is -2.41. The third kappa shape index (κ3) is 3.96. The summed E-state index contributed by atoms with van der Waals surface area (Å²) in [6.45, 7) is 4.06. The molecule has 9 heteroatoms. The lowest BCUT2D eigenvalue weighted by atomic mass is 9.86. The molecule has 1 aliphatic heterocycles. The van der Waals surface area contributed by atoms with E-state index in [1.165, 1.54) is 6.42 Å². The summed E-state index contributed by atoms with van der Waals surface area (Å²) in [5.41, 5.74) is 2.38. The molecule has 32 heavy (non-hydrogen) atoms. The Morgan fingerprint density at radius 1 is 1.22 bits per heavy atom. The van der Waals surface area contributed by atoms with Gasteiger partial charge in [-0.15, -0.1) is 11.3 Å². The van der Waals surface area contributed by atoms with Crippen LogP contribution in [0.15, 0.2) is 23.6 Å². The first-order valence-corrected chi connectivity index (χ1v) is 14.0. The van der Waals surface area contributed by atoms with Crippen LogP contribution in [0.3, 0.4) is 0 Å². The van der Waals surface area contributed by atoms with Crippen molar-refractivity contribution in [2.24, 2.45) is 5.92 Å². The Bertz CT molecular complexity index is 1260. The fraction of sp³-hybridized carbons (Fsp3) is 0.522. The highest BCUT2D eigenvalue weighted by atomic mass is 32.2. The maximum atomic E-state index is 13.4. The van der Waals surface area contributed by atoms with Crippen LogP contribution < -0.4 is 5.32 Å². The number of pyridine rings is 1. The van der Waals surface area contributed by atoms with Crippen molar-refractivity contribution in [3.05, 3.63) is 35.1 Å². The Labute approximate surface area is 192 Å². The number of thiophene rings is 1. The van der Waals surface area contributed by atoms with E-state index in [0.29, 0.717) is 29.4 Å². The van der Waals surface area contributed by atoms with E-state index in [1.54, 1.807) is 11.3 Å². The van der Waals surface area contributed by atoms with Gasteiger partial charge in [0.15, 0.2) is 15.5 Å². The maximum absolute atomic E-state index is 13.4. The number of sulfone groups is 1. The second-order valence-electron chi connectivity index (χ2n) is 9.13. The van der Waals surface area contributed by atoms with Gasteiger partial charge in [-0.2, -0.15) is 0 Å². The molecule has 3 aromatic heterocycles. The quantitative estimate of drug-likeness (QED) is 0.616. The maximum Gasteiger partial charge on any atom is 0.272 e. The third-order valence-corrected chi connectivity index (χ3v) is 9.49. The summed E-state index contributed by atoms with van der Waals surface area (Å²) in [7, 11) is -3.05. The Morgan fingerprint density at radius 2 is 2.03 bits per heavy atom. The molecule has 7 nitrogen and oxygen atoms in total. The van der Waals surface area contributed by atoms with Gasteiger partial charge in [0, 0.05) is 6.04 Å². The molecule has 2 fully saturated rings. The summed E-state index contributed by atoms with van der Waals surface area (Å²) in [6, 6.07) is 5.87. The monoisotopic (exact) mass is 472 g/mol. The number of hydrogen-bond donors (Lipinski definition) is 1. The average Bonchev–Trinajstić information content (AvgIpc) is 3.47.